The maximum Gasteiger partial charge on any atom is 0.307 e. The van der Waals surface area contributed by atoms with Gasteiger partial charge in [-0.3, -0.25) is 4.79 Å². The SMILES string of the molecule is CCn1c(C2C(C(=O)O)C2(C)C)nc2cccc(Cl)c21. The number of nitrogens with zero attached hydrogens (tertiary/aromatic N) is 2. The van der Waals surface area contributed by atoms with Crippen LogP contribution in [0.4, 0.5) is 0 Å². The van der Waals surface area contributed by atoms with Gasteiger partial charge in [-0.1, -0.05) is 31.5 Å². The normalized spacial score (nSPS) is 24.0. The monoisotopic (exact) mass is 292 g/mol. The van der Waals surface area contributed by atoms with Crippen LogP contribution in [-0.2, 0) is 11.3 Å². The van der Waals surface area contributed by atoms with Crippen LogP contribution >= 0.6 is 11.6 Å². The number of hydrogen-bond donors (Lipinski definition) is 1. The van der Waals surface area contributed by atoms with Crippen molar-refractivity contribution in [2.45, 2.75) is 33.2 Å². The fraction of sp³-hybridized carbons (Fsp3) is 0.467. The first-order valence-electron chi connectivity index (χ1n) is 6.77. The second-order valence-corrected chi connectivity index (χ2v) is 6.34. The molecule has 0 amide bonds. The van der Waals surface area contributed by atoms with E-state index >= 15 is 0 Å². The molecule has 1 aliphatic carbocycles. The lowest BCUT2D eigenvalue weighted by Gasteiger charge is -2.07. The molecule has 2 aromatic rings. The van der Waals surface area contributed by atoms with E-state index in [0.29, 0.717) is 5.02 Å². The fourth-order valence-electron chi connectivity index (χ4n) is 3.30. The van der Waals surface area contributed by atoms with Crippen LogP contribution in [0.15, 0.2) is 18.2 Å². The number of imidazole rings is 1. The molecule has 3 rings (SSSR count). The number of carboxylic acid groups (broad SMARTS) is 1. The van der Waals surface area contributed by atoms with Gasteiger partial charge in [-0.05, 0) is 24.5 Å². The van der Waals surface area contributed by atoms with Gasteiger partial charge in [0.15, 0.2) is 0 Å². The number of carbonyl (C=O) groups is 1. The Morgan fingerprint density at radius 1 is 1.50 bits per heavy atom. The Morgan fingerprint density at radius 3 is 2.75 bits per heavy atom. The molecule has 0 radical (unpaired) electrons. The lowest BCUT2D eigenvalue weighted by atomic mass is 10.1. The smallest absolute Gasteiger partial charge is 0.307 e. The predicted molar refractivity (Wildman–Crippen MR) is 78.1 cm³/mol. The summed E-state index contributed by atoms with van der Waals surface area (Å²) in [6, 6.07) is 5.63. The van der Waals surface area contributed by atoms with Crippen LogP contribution in [0, 0.1) is 11.3 Å². The molecule has 1 N–H and O–H groups in total. The van der Waals surface area contributed by atoms with E-state index in [4.69, 9.17) is 11.6 Å². The molecular formula is C15H17ClN2O2. The third-order valence-electron chi connectivity index (χ3n) is 4.43. The van der Waals surface area contributed by atoms with Crippen molar-refractivity contribution >= 4 is 28.6 Å². The van der Waals surface area contributed by atoms with Crippen LogP contribution in [0.1, 0.15) is 32.5 Å². The van der Waals surface area contributed by atoms with Crippen LogP contribution in [0.2, 0.25) is 5.02 Å². The molecule has 0 spiro atoms. The van der Waals surface area contributed by atoms with E-state index in [2.05, 4.69) is 4.98 Å². The highest BCUT2D eigenvalue weighted by Crippen LogP contribution is 2.64. The van der Waals surface area contributed by atoms with Gasteiger partial charge in [0.05, 0.1) is 22.0 Å². The van der Waals surface area contributed by atoms with Crippen molar-refractivity contribution in [3.05, 3.63) is 29.0 Å². The highest BCUT2D eigenvalue weighted by atomic mass is 35.5. The lowest BCUT2D eigenvalue weighted by molar-refractivity contribution is -0.139. The zero-order valence-electron chi connectivity index (χ0n) is 11.7. The molecule has 1 fully saturated rings. The van der Waals surface area contributed by atoms with Gasteiger partial charge in [0.25, 0.3) is 0 Å². The number of fused-ring (bicyclic) bond motifs is 1. The molecule has 1 aromatic heterocycles. The van der Waals surface area contributed by atoms with E-state index in [9.17, 15) is 9.90 Å². The Bertz CT molecular complexity index is 705. The first-order chi connectivity index (χ1) is 9.39. The van der Waals surface area contributed by atoms with Crippen molar-refractivity contribution in [2.24, 2.45) is 11.3 Å². The average Bonchev–Trinajstić information content (AvgIpc) is 2.78. The van der Waals surface area contributed by atoms with Gasteiger partial charge in [-0.2, -0.15) is 0 Å². The van der Waals surface area contributed by atoms with Crippen LogP contribution in [0.25, 0.3) is 11.0 Å². The Kier molecular flexibility index (Phi) is 2.83. The molecule has 20 heavy (non-hydrogen) atoms. The summed E-state index contributed by atoms with van der Waals surface area (Å²) in [5.74, 6) is -0.333. The van der Waals surface area contributed by atoms with Crippen LogP contribution in [-0.4, -0.2) is 20.6 Å². The van der Waals surface area contributed by atoms with E-state index in [0.717, 1.165) is 23.4 Å². The number of carboxylic acids is 1. The molecule has 1 aliphatic rings. The molecule has 106 valence electrons. The first-order valence-corrected chi connectivity index (χ1v) is 7.14. The van der Waals surface area contributed by atoms with Crippen molar-refractivity contribution < 1.29 is 9.90 Å². The van der Waals surface area contributed by atoms with Gasteiger partial charge in [0, 0.05) is 12.5 Å². The standard InChI is InChI=1S/C15H17ClN2O2/c1-4-18-12-8(16)6-5-7-9(12)17-13(18)10-11(14(19)20)15(10,2)3/h5-7,10-11H,4H2,1-3H3,(H,19,20). The summed E-state index contributed by atoms with van der Waals surface area (Å²) in [4.78, 5) is 16.0. The lowest BCUT2D eigenvalue weighted by Crippen LogP contribution is -2.05. The number of aryl methyl sites for hydroxylation is 1. The molecule has 1 heterocycles. The van der Waals surface area contributed by atoms with E-state index in [1.807, 2.05) is 43.5 Å². The summed E-state index contributed by atoms with van der Waals surface area (Å²) in [5, 5.41) is 10.0. The molecule has 0 saturated heterocycles. The van der Waals surface area contributed by atoms with E-state index < -0.39 is 5.97 Å². The second-order valence-electron chi connectivity index (χ2n) is 5.94. The van der Waals surface area contributed by atoms with Crippen molar-refractivity contribution in [3.8, 4) is 0 Å². The number of aliphatic carboxylic acids is 1. The minimum atomic E-state index is -0.749. The zero-order chi connectivity index (χ0) is 14.7. The van der Waals surface area contributed by atoms with Gasteiger partial charge in [0.1, 0.15) is 5.82 Å². The van der Waals surface area contributed by atoms with E-state index in [1.165, 1.54) is 0 Å². The minimum Gasteiger partial charge on any atom is -0.481 e. The molecule has 0 aliphatic heterocycles. The molecule has 1 aromatic carbocycles. The Labute approximate surface area is 122 Å². The van der Waals surface area contributed by atoms with Crippen molar-refractivity contribution in [3.63, 3.8) is 0 Å². The van der Waals surface area contributed by atoms with Crippen molar-refractivity contribution in [2.75, 3.05) is 0 Å². The number of halogens is 1. The fourth-order valence-corrected chi connectivity index (χ4v) is 3.57. The highest BCUT2D eigenvalue weighted by molar-refractivity contribution is 6.35. The average molecular weight is 293 g/mol. The number of benzene rings is 1. The minimum absolute atomic E-state index is 0.0524. The molecule has 2 unspecified atom stereocenters. The third-order valence-corrected chi connectivity index (χ3v) is 4.74. The van der Waals surface area contributed by atoms with E-state index in [1.54, 1.807) is 0 Å². The maximum atomic E-state index is 11.4. The molecule has 1 saturated carbocycles. The number of hydrogen-bond acceptors (Lipinski definition) is 2. The molecular weight excluding hydrogens is 276 g/mol. The maximum absolute atomic E-state index is 11.4. The van der Waals surface area contributed by atoms with Crippen LogP contribution in [0.5, 0.6) is 0 Å². The summed E-state index contributed by atoms with van der Waals surface area (Å²) < 4.78 is 2.05. The molecule has 0 bridgehead atoms. The molecule has 4 nitrogen and oxygen atoms in total. The van der Waals surface area contributed by atoms with Gasteiger partial charge < -0.3 is 9.67 Å². The quantitative estimate of drug-likeness (QED) is 0.941. The topological polar surface area (TPSA) is 55.1 Å². The highest BCUT2D eigenvalue weighted by Gasteiger charge is 2.64. The Balaban J connectivity index is 2.19. The number of aromatic nitrogens is 2. The van der Waals surface area contributed by atoms with Gasteiger partial charge >= 0.3 is 5.97 Å². The Hall–Kier alpha value is -1.55. The summed E-state index contributed by atoms with van der Waals surface area (Å²) >= 11 is 6.27. The molecule has 2 atom stereocenters. The van der Waals surface area contributed by atoms with Crippen molar-refractivity contribution in [1.82, 2.24) is 9.55 Å². The summed E-state index contributed by atoms with van der Waals surface area (Å²) in [5.41, 5.74) is 1.48. The van der Waals surface area contributed by atoms with Gasteiger partial charge in [0.2, 0.25) is 0 Å². The number of para-hydroxylation sites is 1. The zero-order valence-corrected chi connectivity index (χ0v) is 12.5. The predicted octanol–water partition coefficient (Wildman–Crippen LogP) is 3.53. The second kappa shape index (κ2) is 4.22. The van der Waals surface area contributed by atoms with Crippen LogP contribution in [0.3, 0.4) is 0 Å². The molecule has 5 heteroatoms. The van der Waals surface area contributed by atoms with Crippen LogP contribution < -0.4 is 0 Å². The third kappa shape index (κ3) is 1.67. The van der Waals surface area contributed by atoms with Crippen molar-refractivity contribution in [1.29, 1.82) is 0 Å². The van der Waals surface area contributed by atoms with Gasteiger partial charge in [-0.25, -0.2) is 4.98 Å². The summed E-state index contributed by atoms with van der Waals surface area (Å²) in [6.07, 6.45) is 0. The van der Waals surface area contributed by atoms with Gasteiger partial charge in [-0.15, -0.1) is 0 Å². The number of rotatable bonds is 3. The summed E-state index contributed by atoms with van der Waals surface area (Å²) in [7, 11) is 0. The summed E-state index contributed by atoms with van der Waals surface area (Å²) in [6.45, 7) is 6.72. The first kappa shape index (κ1) is 13.4. The Morgan fingerprint density at radius 2 is 2.20 bits per heavy atom. The van der Waals surface area contributed by atoms with E-state index in [-0.39, 0.29) is 17.3 Å². The largest absolute Gasteiger partial charge is 0.481 e.